The van der Waals surface area contributed by atoms with Crippen molar-refractivity contribution in [2.24, 2.45) is 5.92 Å². The van der Waals surface area contributed by atoms with Gasteiger partial charge in [-0.2, -0.15) is 4.98 Å². The Hall–Kier alpha value is -1.07. The molecule has 1 atom stereocenters. The van der Waals surface area contributed by atoms with E-state index in [0.29, 0.717) is 12.6 Å². The van der Waals surface area contributed by atoms with Gasteiger partial charge in [0.2, 0.25) is 0 Å². The van der Waals surface area contributed by atoms with Crippen molar-refractivity contribution in [1.82, 2.24) is 10.3 Å². The largest absolute Gasteiger partial charge is 0.432 e. The summed E-state index contributed by atoms with van der Waals surface area (Å²) in [5.74, 6) is 0.779. The molecule has 0 radical (unpaired) electrons. The lowest BCUT2D eigenvalue weighted by Gasteiger charge is -2.27. The van der Waals surface area contributed by atoms with Gasteiger partial charge in [-0.25, -0.2) is 0 Å². The SMILES string of the molecule is CNCc1coc(N(CCOC)C(C)C2CC2)n1. The summed E-state index contributed by atoms with van der Waals surface area (Å²) in [6.07, 6.45) is 4.36. The monoisotopic (exact) mass is 253 g/mol. The number of oxazole rings is 1. The van der Waals surface area contributed by atoms with Crippen molar-refractivity contribution in [2.75, 3.05) is 32.2 Å². The molecule has 1 aromatic heterocycles. The maximum atomic E-state index is 5.59. The number of rotatable bonds is 8. The second-order valence-electron chi connectivity index (χ2n) is 4.92. The number of nitrogens with one attached hydrogen (secondary N) is 1. The van der Waals surface area contributed by atoms with E-state index in [9.17, 15) is 0 Å². The first-order chi connectivity index (χ1) is 8.76. The van der Waals surface area contributed by atoms with E-state index in [0.717, 1.165) is 30.7 Å². The number of ether oxygens (including phenoxy) is 1. The predicted molar refractivity (Wildman–Crippen MR) is 70.7 cm³/mol. The van der Waals surface area contributed by atoms with Crippen molar-refractivity contribution < 1.29 is 9.15 Å². The van der Waals surface area contributed by atoms with E-state index in [4.69, 9.17) is 9.15 Å². The smallest absolute Gasteiger partial charge is 0.297 e. The number of hydrogen-bond acceptors (Lipinski definition) is 5. The van der Waals surface area contributed by atoms with Gasteiger partial charge in [-0.3, -0.25) is 0 Å². The molecule has 0 aromatic carbocycles. The molecule has 102 valence electrons. The van der Waals surface area contributed by atoms with Gasteiger partial charge in [-0.1, -0.05) is 0 Å². The summed E-state index contributed by atoms with van der Waals surface area (Å²) in [7, 11) is 3.63. The Balaban J connectivity index is 2.05. The molecule has 0 amide bonds. The van der Waals surface area contributed by atoms with E-state index in [1.165, 1.54) is 12.8 Å². The summed E-state index contributed by atoms with van der Waals surface area (Å²) >= 11 is 0. The lowest BCUT2D eigenvalue weighted by molar-refractivity contribution is 0.201. The topological polar surface area (TPSA) is 50.5 Å². The molecule has 1 heterocycles. The molecule has 1 saturated carbocycles. The summed E-state index contributed by atoms with van der Waals surface area (Å²) < 4.78 is 10.8. The van der Waals surface area contributed by atoms with Crippen LogP contribution in [0.25, 0.3) is 0 Å². The van der Waals surface area contributed by atoms with Crippen LogP contribution in [-0.4, -0.2) is 38.3 Å². The standard InChI is InChI=1S/C13H23N3O2/c1-10(11-4-5-11)16(6-7-17-3)13-15-12(8-14-2)9-18-13/h9-11,14H,4-8H2,1-3H3. The van der Waals surface area contributed by atoms with Gasteiger partial charge in [0.15, 0.2) is 0 Å². The highest BCUT2D eigenvalue weighted by molar-refractivity contribution is 5.30. The molecule has 0 bridgehead atoms. The predicted octanol–water partition coefficient (Wildman–Crippen LogP) is 1.65. The summed E-state index contributed by atoms with van der Waals surface area (Å²) in [5, 5.41) is 3.08. The van der Waals surface area contributed by atoms with Gasteiger partial charge in [0.25, 0.3) is 6.01 Å². The van der Waals surface area contributed by atoms with E-state index in [1.807, 2.05) is 7.05 Å². The second kappa shape index (κ2) is 6.20. The fourth-order valence-electron chi connectivity index (χ4n) is 2.19. The second-order valence-corrected chi connectivity index (χ2v) is 4.92. The number of nitrogens with zero attached hydrogens (tertiary/aromatic N) is 2. The fourth-order valence-corrected chi connectivity index (χ4v) is 2.19. The van der Waals surface area contributed by atoms with Gasteiger partial charge < -0.3 is 19.4 Å². The van der Waals surface area contributed by atoms with Crippen molar-refractivity contribution in [3.8, 4) is 0 Å². The maximum Gasteiger partial charge on any atom is 0.297 e. The van der Waals surface area contributed by atoms with Gasteiger partial charge in [0.05, 0.1) is 12.3 Å². The summed E-state index contributed by atoms with van der Waals surface area (Å²) in [5.41, 5.74) is 0.943. The zero-order valence-corrected chi connectivity index (χ0v) is 11.5. The zero-order chi connectivity index (χ0) is 13.0. The Morgan fingerprint density at radius 2 is 2.39 bits per heavy atom. The molecule has 5 heteroatoms. The third kappa shape index (κ3) is 3.23. The number of anilines is 1. The van der Waals surface area contributed by atoms with Crippen molar-refractivity contribution in [1.29, 1.82) is 0 Å². The Bertz CT molecular complexity index is 363. The van der Waals surface area contributed by atoms with Crippen molar-refractivity contribution >= 4 is 6.01 Å². The molecule has 1 aromatic rings. The third-order valence-corrected chi connectivity index (χ3v) is 3.48. The Morgan fingerprint density at radius 3 is 3.00 bits per heavy atom. The fraction of sp³-hybridized carbons (Fsp3) is 0.769. The van der Waals surface area contributed by atoms with E-state index < -0.39 is 0 Å². The minimum atomic E-state index is 0.473. The van der Waals surface area contributed by atoms with E-state index in [1.54, 1.807) is 13.4 Å². The molecule has 1 unspecified atom stereocenters. The Labute approximate surface area is 109 Å². The molecule has 0 saturated heterocycles. The average molecular weight is 253 g/mol. The highest BCUT2D eigenvalue weighted by Gasteiger charge is 2.33. The van der Waals surface area contributed by atoms with E-state index >= 15 is 0 Å². The van der Waals surface area contributed by atoms with Crippen LogP contribution < -0.4 is 10.2 Å². The molecule has 0 aliphatic heterocycles. The molecule has 1 aliphatic carbocycles. The molecule has 18 heavy (non-hydrogen) atoms. The molecular weight excluding hydrogens is 230 g/mol. The van der Waals surface area contributed by atoms with Gasteiger partial charge in [-0.15, -0.1) is 0 Å². The van der Waals surface area contributed by atoms with Crippen molar-refractivity contribution in [3.05, 3.63) is 12.0 Å². The zero-order valence-electron chi connectivity index (χ0n) is 11.5. The molecule has 5 nitrogen and oxygen atoms in total. The minimum Gasteiger partial charge on any atom is -0.432 e. The number of aromatic nitrogens is 1. The quantitative estimate of drug-likeness (QED) is 0.763. The van der Waals surface area contributed by atoms with Crippen LogP contribution in [0.2, 0.25) is 0 Å². The first kappa shape index (κ1) is 13.4. The van der Waals surface area contributed by atoms with Crippen LogP contribution in [0.1, 0.15) is 25.5 Å². The van der Waals surface area contributed by atoms with Crippen LogP contribution in [0.4, 0.5) is 6.01 Å². The van der Waals surface area contributed by atoms with Crippen LogP contribution in [0.15, 0.2) is 10.7 Å². The van der Waals surface area contributed by atoms with Crippen LogP contribution in [0.3, 0.4) is 0 Å². The highest BCUT2D eigenvalue weighted by Crippen LogP contribution is 2.36. The molecular formula is C13H23N3O2. The normalized spacial score (nSPS) is 16.8. The average Bonchev–Trinajstić information content (AvgIpc) is 3.12. The Kier molecular flexibility index (Phi) is 4.60. The van der Waals surface area contributed by atoms with Crippen molar-refractivity contribution in [3.63, 3.8) is 0 Å². The molecule has 1 fully saturated rings. The van der Waals surface area contributed by atoms with Crippen LogP contribution in [-0.2, 0) is 11.3 Å². The molecule has 0 spiro atoms. The van der Waals surface area contributed by atoms with Gasteiger partial charge in [0.1, 0.15) is 6.26 Å². The van der Waals surface area contributed by atoms with E-state index in [2.05, 4.69) is 22.1 Å². The summed E-state index contributed by atoms with van der Waals surface area (Å²) in [6.45, 7) is 4.50. The summed E-state index contributed by atoms with van der Waals surface area (Å²) in [6, 6.07) is 1.19. The lowest BCUT2D eigenvalue weighted by Crippen LogP contribution is -2.37. The van der Waals surface area contributed by atoms with Crippen LogP contribution >= 0.6 is 0 Å². The van der Waals surface area contributed by atoms with Gasteiger partial charge in [-0.05, 0) is 32.7 Å². The number of hydrogen-bond donors (Lipinski definition) is 1. The van der Waals surface area contributed by atoms with Crippen LogP contribution in [0.5, 0.6) is 0 Å². The first-order valence-electron chi connectivity index (χ1n) is 6.60. The van der Waals surface area contributed by atoms with Crippen LogP contribution in [0, 0.1) is 5.92 Å². The lowest BCUT2D eigenvalue weighted by atomic mass is 10.2. The Morgan fingerprint density at radius 1 is 1.61 bits per heavy atom. The highest BCUT2D eigenvalue weighted by atomic mass is 16.5. The maximum absolute atomic E-state index is 5.59. The van der Waals surface area contributed by atoms with Gasteiger partial charge >= 0.3 is 0 Å². The molecule has 2 rings (SSSR count). The van der Waals surface area contributed by atoms with Gasteiger partial charge in [0, 0.05) is 26.2 Å². The molecule has 1 aliphatic rings. The minimum absolute atomic E-state index is 0.473. The van der Waals surface area contributed by atoms with Crippen molar-refractivity contribution in [2.45, 2.75) is 32.4 Å². The third-order valence-electron chi connectivity index (χ3n) is 3.48. The first-order valence-corrected chi connectivity index (χ1v) is 6.60. The number of methoxy groups -OCH3 is 1. The summed E-state index contributed by atoms with van der Waals surface area (Å²) in [4.78, 5) is 6.75. The molecule has 1 N–H and O–H groups in total. The van der Waals surface area contributed by atoms with E-state index in [-0.39, 0.29) is 0 Å².